The molecular formula is C23H15Cl2FN2O3. The molecular weight excluding hydrogens is 442 g/mol. The Hall–Kier alpha value is -3.35. The molecule has 0 spiro atoms. The zero-order valence-corrected chi connectivity index (χ0v) is 17.5. The Balaban J connectivity index is 1.40. The number of nitrogens with zero attached hydrogens (tertiary/aromatic N) is 1. The van der Waals surface area contributed by atoms with E-state index in [1.54, 1.807) is 36.4 Å². The maximum Gasteiger partial charge on any atom is 0.307 e. The van der Waals surface area contributed by atoms with Crippen molar-refractivity contribution in [3.05, 3.63) is 99.5 Å². The van der Waals surface area contributed by atoms with Crippen LogP contribution in [0.3, 0.4) is 0 Å². The highest BCUT2D eigenvalue weighted by Crippen LogP contribution is 2.34. The summed E-state index contributed by atoms with van der Waals surface area (Å²) in [7, 11) is 0. The lowest BCUT2D eigenvalue weighted by molar-refractivity contribution is 0.0929. The molecule has 0 unspecified atom stereocenters. The molecule has 4 rings (SSSR count). The number of nitrogens with one attached hydrogen (secondary N) is 1. The van der Waals surface area contributed by atoms with Gasteiger partial charge in [0.1, 0.15) is 18.0 Å². The van der Waals surface area contributed by atoms with Crippen LogP contribution in [0.4, 0.5) is 4.39 Å². The molecule has 0 aliphatic rings. The number of ether oxygens (including phenoxy) is 1. The number of carbonyl (C=O) groups excluding carboxylic acids is 1. The van der Waals surface area contributed by atoms with E-state index in [1.807, 2.05) is 18.2 Å². The van der Waals surface area contributed by atoms with Crippen LogP contribution in [0, 0.1) is 5.82 Å². The number of hydrogen-bond donors (Lipinski definition) is 1. The van der Waals surface area contributed by atoms with Crippen molar-refractivity contribution in [1.82, 2.24) is 5.43 Å². The fraction of sp³-hybridized carbons (Fsp3) is 0.0435. The van der Waals surface area contributed by atoms with Crippen molar-refractivity contribution in [1.29, 1.82) is 0 Å². The van der Waals surface area contributed by atoms with Gasteiger partial charge in [0.15, 0.2) is 11.5 Å². The van der Waals surface area contributed by atoms with Gasteiger partial charge < -0.3 is 9.15 Å². The van der Waals surface area contributed by atoms with Gasteiger partial charge in [-0.1, -0.05) is 53.5 Å². The molecule has 0 aliphatic carbocycles. The monoisotopic (exact) mass is 456 g/mol. The summed E-state index contributed by atoms with van der Waals surface area (Å²) < 4.78 is 24.1. The molecule has 0 aliphatic heterocycles. The number of hydrogen-bond acceptors (Lipinski definition) is 4. The Bertz CT molecular complexity index is 1210. The van der Waals surface area contributed by atoms with Crippen LogP contribution in [0.1, 0.15) is 21.7 Å². The third kappa shape index (κ3) is 5.05. The number of rotatable bonds is 6. The van der Waals surface area contributed by atoms with Gasteiger partial charge in [0.05, 0.1) is 16.3 Å². The minimum Gasteiger partial charge on any atom is -0.486 e. The average Bonchev–Trinajstić information content (AvgIpc) is 3.19. The van der Waals surface area contributed by atoms with Crippen molar-refractivity contribution >= 4 is 46.3 Å². The molecule has 1 N–H and O–H groups in total. The van der Waals surface area contributed by atoms with Crippen molar-refractivity contribution < 1.29 is 18.3 Å². The zero-order chi connectivity index (χ0) is 21.8. The summed E-state index contributed by atoms with van der Waals surface area (Å²) in [5.74, 6) is -0.352. The first kappa shape index (κ1) is 20.9. The van der Waals surface area contributed by atoms with Crippen molar-refractivity contribution in [2.75, 3.05) is 0 Å². The summed E-state index contributed by atoms with van der Waals surface area (Å²) in [4.78, 5) is 12.2. The van der Waals surface area contributed by atoms with Gasteiger partial charge in [-0.25, -0.2) is 9.82 Å². The number of amides is 1. The lowest BCUT2D eigenvalue weighted by Crippen LogP contribution is -2.16. The molecule has 3 aromatic carbocycles. The van der Waals surface area contributed by atoms with Gasteiger partial charge in [0.25, 0.3) is 0 Å². The van der Waals surface area contributed by atoms with Gasteiger partial charge in [0.2, 0.25) is 0 Å². The molecule has 0 saturated carbocycles. The molecule has 0 atom stereocenters. The first-order valence-corrected chi connectivity index (χ1v) is 9.93. The predicted molar refractivity (Wildman–Crippen MR) is 118 cm³/mol. The molecule has 31 heavy (non-hydrogen) atoms. The summed E-state index contributed by atoms with van der Waals surface area (Å²) in [5, 5.41) is 5.30. The normalized spacial score (nSPS) is 11.2. The third-order valence-corrected chi connectivity index (χ3v) is 4.91. The molecule has 1 amide bonds. The molecule has 1 heterocycles. The van der Waals surface area contributed by atoms with Crippen LogP contribution in [0.5, 0.6) is 5.75 Å². The SMILES string of the molecule is O=C(N/N=C/c1cc(Cl)c(OCc2ccc(F)cc2)c(Cl)c1)c1cc2ccccc2o1. The molecule has 156 valence electrons. The molecule has 8 heteroatoms. The molecule has 0 fully saturated rings. The van der Waals surface area contributed by atoms with E-state index in [-0.39, 0.29) is 28.2 Å². The average molecular weight is 457 g/mol. The standard InChI is InChI=1S/C23H15Cl2FN2O3/c24-18-9-15(10-19(25)22(18)30-13-14-5-7-17(26)8-6-14)12-27-28-23(29)21-11-16-3-1-2-4-20(16)31-21/h1-12H,13H2,(H,28,29)/b27-12+. The van der Waals surface area contributed by atoms with Gasteiger partial charge in [-0.05, 0) is 47.5 Å². The Morgan fingerprint density at radius 3 is 2.48 bits per heavy atom. The highest BCUT2D eigenvalue weighted by molar-refractivity contribution is 6.37. The van der Waals surface area contributed by atoms with Gasteiger partial charge in [-0.2, -0.15) is 5.10 Å². The van der Waals surface area contributed by atoms with E-state index in [0.717, 1.165) is 10.9 Å². The lowest BCUT2D eigenvalue weighted by Gasteiger charge is -2.11. The van der Waals surface area contributed by atoms with Crippen LogP contribution in [-0.4, -0.2) is 12.1 Å². The van der Waals surface area contributed by atoms with Gasteiger partial charge in [-0.15, -0.1) is 0 Å². The fourth-order valence-corrected chi connectivity index (χ4v) is 3.46. The van der Waals surface area contributed by atoms with E-state index in [1.165, 1.54) is 18.3 Å². The highest BCUT2D eigenvalue weighted by atomic mass is 35.5. The van der Waals surface area contributed by atoms with E-state index < -0.39 is 5.91 Å². The number of benzene rings is 3. The third-order valence-electron chi connectivity index (χ3n) is 4.35. The van der Waals surface area contributed by atoms with E-state index >= 15 is 0 Å². The van der Waals surface area contributed by atoms with E-state index in [2.05, 4.69) is 10.5 Å². The second kappa shape index (κ2) is 9.20. The van der Waals surface area contributed by atoms with Crippen LogP contribution in [0.15, 0.2) is 76.2 Å². The highest BCUT2D eigenvalue weighted by Gasteiger charge is 2.12. The molecule has 5 nitrogen and oxygen atoms in total. The molecule has 0 bridgehead atoms. The van der Waals surface area contributed by atoms with Crippen LogP contribution < -0.4 is 10.2 Å². The Labute approximate surface area is 187 Å². The molecule has 0 saturated heterocycles. The summed E-state index contributed by atoms with van der Waals surface area (Å²) >= 11 is 12.6. The quantitative estimate of drug-likeness (QED) is 0.276. The number of hydrazone groups is 1. The van der Waals surface area contributed by atoms with E-state index in [0.29, 0.717) is 16.9 Å². The van der Waals surface area contributed by atoms with Crippen molar-refractivity contribution in [2.24, 2.45) is 5.10 Å². The zero-order valence-electron chi connectivity index (χ0n) is 15.9. The maximum absolute atomic E-state index is 13.0. The van der Waals surface area contributed by atoms with Crippen LogP contribution in [-0.2, 0) is 6.61 Å². The smallest absolute Gasteiger partial charge is 0.307 e. The van der Waals surface area contributed by atoms with Crippen molar-refractivity contribution in [2.45, 2.75) is 6.61 Å². The van der Waals surface area contributed by atoms with Crippen LogP contribution in [0.2, 0.25) is 10.0 Å². The second-order valence-corrected chi connectivity index (χ2v) is 7.39. The Morgan fingerprint density at radius 2 is 1.77 bits per heavy atom. The predicted octanol–water partition coefficient (Wildman–Crippen LogP) is 6.22. The van der Waals surface area contributed by atoms with Crippen LogP contribution in [0.25, 0.3) is 11.0 Å². The fourth-order valence-electron chi connectivity index (χ4n) is 2.84. The summed E-state index contributed by atoms with van der Waals surface area (Å²) in [6.45, 7) is 0.181. The maximum atomic E-state index is 13.0. The van der Waals surface area contributed by atoms with Gasteiger partial charge >= 0.3 is 5.91 Å². The number of halogens is 3. The summed E-state index contributed by atoms with van der Waals surface area (Å²) in [5.41, 5.74) is 4.35. The van der Waals surface area contributed by atoms with E-state index in [4.69, 9.17) is 32.4 Å². The Morgan fingerprint density at radius 1 is 1.06 bits per heavy atom. The largest absolute Gasteiger partial charge is 0.486 e. The topological polar surface area (TPSA) is 63.8 Å². The molecule has 4 aromatic rings. The number of carbonyl (C=O) groups is 1. The number of fused-ring (bicyclic) bond motifs is 1. The summed E-state index contributed by atoms with van der Waals surface area (Å²) in [6, 6.07) is 18.1. The summed E-state index contributed by atoms with van der Waals surface area (Å²) in [6.07, 6.45) is 1.40. The van der Waals surface area contributed by atoms with Crippen molar-refractivity contribution in [3.63, 3.8) is 0 Å². The second-order valence-electron chi connectivity index (χ2n) is 6.58. The van der Waals surface area contributed by atoms with Crippen LogP contribution >= 0.6 is 23.2 Å². The van der Waals surface area contributed by atoms with E-state index in [9.17, 15) is 9.18 Å². The van der Waals surface area contributed by atoms with Gasteiger partial charge in [0, 0.05) is 5.39 Å². The molecule has 1 aromatic heterocycles. The minimum absolute atomic E-state index is 0.152. The first-order valence-electron chi connectivity index (χ1n) is 9.18. The Kier molecular flexibility index (Phi) is 6.21. The minimum atomic E-state index is -0.483. The lowest BCUT2D eigenvalue weighted by atomic mass is 10.2. The number of para-hydroxylation sites is 1. The number of furan rings is 1. The van der Waals surface area contributed by atoms with Gasteiger partial charge in [-0.3, -0.25) is 4.79 Å². The van der Waals surface area contributed by atoms with Crippen molar-refractivity contribution in [3.8, 4) is 5.75 Å². The molecule has 0 radical (unpaired) electrons. The first-order chi connectivity index (χ1) is 15.0.